The molecule has 1 fully saturated rings. The number of carbonyl (C=O) groups is 1. The van der Waals surface area contributed by atoms with Gasteiger partial charge in [0.15, 0.2) is 0 Å². The quantitative estimate of drug-likeness (QED) is 0.878. The number of nitrogens with two attached hydrogens (primary N) is 1. The second-order valence-electron chi connectivity index (χ2n) is 4.69. The predicted octanol–water partition coefficient (Wildman–Crippen LogP) is 1.78. The van der Waals surface area contributed by atoms with E-state index in [1.807, 2.05) is 13.1 Å². The number of nitrogens with one attached hydrogen (secondary N) is 1. The third-order valence-electron chi connectivity index (χ3n) is 3.41. The highest BCUT2D eigenvalue weighted by atomic mass is 35.5. The van der Waals surface area contributed by atoms with Crippen LogP contribution in [0.25, 0.3) is 0 Å². The number of anilines is 1. The molecule has 1 amide bonds. The maximum absolute atomic E-state index is 11.8. The minimum atomic E-state index is 0. The van der Waals surface area contributed by atoms with Gasteiger partial charge in [0.05, 0.1) is 11.9 Å². The Kier molecular flexibility index (Phi) is 5.62. The van der Waals surface area contributed by atoms with Gasteiger partial charge in [0.2, 0.25) is 5.91 Å². The van der Waals surface area contributed by atoms with E-state index in [9.17, 15) is 4.79 Å². The number of amides is 1. The van der Waals surface area contributed by atoms with Crippen molar-refractivity contribution in [1.29, 1.82) is 0 Å². The highest BCUT2D eigenvalue weighted by molar-refractivity contribution is 5.90. The fraction of sp³-hybridized carbons (Fsp3) is 0.667. The average molecular weight is 273 g/mol. The van der Waals surface area contributed by atoms with Gasteiger partial charge >= 0.3 is 0 Å². The number of hydrogen-bond acceptors (Lipinski definition) is 3. The molecule has 2 rings (SSSR count). The molecule has 6 heteroatoms. The van der Waals surface area contributed by atoms with Crippen molar-refractivity contribution in [2.75, 3.05) is 5.32 Å². The first-order chi connectivity index (χ1) is 8.19. The molecule has 18 heavy (non-hydrogen) atoms. The summed E-state index contributed by atoms with van der Waals surface area (Å²) in [4.78, 5) is 11.8. The molecule has 1 aromatic rings. The van der Waals surface area contributed by atoms with E-state index < -0.39 is 0 Å². The number of nitrogens with zero attached hydrogens (tertiary/aromatic N) is 2. The second-order valence-corrected chi connectivity index (χ2v) is 4.69. The van der Waals surface area contributed by atoms with Crippen LogP contribution in [0, 0.1) is 5.92 Å². The number of carbonyl (C=O) groups excluding carboxylic acids is 1. The summed E-state index contributed by atoms with van der Waals surface area (Å²) < 4.78 is 1.79. The molecule has 1 heterocycles. The van der Waals surface area contributed by atoms with Gasteiger partial charge in [-0.15, -0.1) is 12.4 Å². The van der Waals surface area contributed by atoms with E-state index in [1.54, 1.807) is 10.9 Å². The van der Waals surface area contributed by atoms with Crippen LogP contribution >= 0.6 is 12.4 Å². The van der Waals surface area contributed by atoms with Gasteiger partial charge in [-0.05, 0) is 25.7 Å². The molecule has 5 nitrogen and oxygen atoms in total. The van der Waals surface area contributed by atoms with Gasteiger partial charge in [-0.1, -0.05) is 6.42 Å². The van der Waals surface area contributed by atoms with Crippen LogP contribution in [0.4, 0.5) is 5.69 Å². The van der Waals surface area contributed by atoms with E-state index in [-0.39, 0.29) is 24.4 Å². The van der Waals surface area contributed by atoms with Crippen LogP contribution in [0.5, 0.6) is 0 Å². The zero-order chi connectivity index (χ0) is 12.3. The molecule has 1 aromatic heterocycles. The van der Waals surface area contributed by atoms with Gasteiger partial charge in [-0.2, -0.15) is 5.10 Å². The van der Waals surface area contributed by atoms with Gasteiger partial charge in [-0.3, -0.25) is 9.48 Å². The maximum Gasteiger partial charge on any atom is 0.224 e. The van der Waals surface area contributed by atoms with Crippen molar-refractivity contribution in [3.05, 3.63) is 12.4 Å². The van der Waals surface area contributed by atoms with E-state index in [4.69, 9.17) is 5.73 Å². The van der Waals surface area contributed by atoms with Crippen molar-refractivity contribution >= 4 is 24.0 Å². The molecular formula is C12H21ClN4O. The van der Waals surface area contributed by atoms with E-state index >= 15 is 0 Å². The third kappa shape index (κ3) is 3.71. The zero-order valence-electron chi connectivity index (χ0n) is 10.6. The van der Waals surface area contributed by atoms with Crippen molar-refractivity contribution in [1.82, 2.24) is 9.78 Å². The molecule has 0 bridgehead atoms. The minimum Gasteiger partial charge on any atom is -0.327 e. The fourth-order valence-electron chi connectivity index (χ4n) is 2.37. The van der Waals surface area contributed by atoms with Crippen LogP contribution in [-0.4, -0.2) is 21.7 Å². The lowest BCUT2D eigenvalue weighted by Crippen LogP contribution is -2.28. The summed E-state index contributed by atoms with van der Waals surface area (Å²) in [6.07, 6.45) is 7.31. The van der Waals surface area contributed by atoms with Crippen LogP contribution in [0.3, 0.4) is 0 Å². The van der Waals surface area contributed by atoms with Gasteiger partial charge in [0.1, 0.15) is 0 Å². The predicted molar refractivity (Wildman–Crippen MR) is 73.7 cm³/mol. The Balaban J connectivity index is 0.00000162. The summed E-state index contributed by atoms with van der Waals surface area (Å²) in [7, 11) is 0. The fourth-order valence-corrected chi connectivity index (χ4v) is 2.37. The first kappa shape index (κ1) is 15.0. The number of aromatic nitrogens is 2. The Morgan fingerprint density at radius 2 is 2.39 bits per heavy atom. The molecular weight excluding hydrogens is 252 g/mol. The van der Waals surface area contributed by atoms with E-state index in [0.717, 1.165) is 31.5 Å². The largest absolute Gasteiger partial charge is 0.327 e. The van der Waals surface area contributed by atoms with Crippen molar-refractivity contribution in [3.8, 4) is 0 Å². The van der Waals surface area contributed by atoms with Gasteiger partial charge in [0.25, 0.3) is 0 Å². The van der Waals surface area contributed by atoms with E-state index in [1.165, 1.54) is 0 Å². The Labute approximate surface area is 114 Å². The van der Waals surface area contributed by atoms with Crippen molar-refractivity contribution in [2.24, 2.45) is 11.7 Å². The highest BCUT2D eigenvalue weighted by Gasteiger charge is 2.26. The number of halogens is 1. The summed E-state index contributed by atoms with van der Waals surface area (Å²) in [5, 5.41) is 6.98. The van der Waals surface area contributed by atoms with Gasteiger partial charge in [0, 0.05) is 25.2 Å². The topological polar surface area (TPSA) is 72.9 Å². The monoisotopic (exact) mass is 272 g/mol. The second kappa shape index (κ2) is 6.75. The van der Waals surface area contributed by atoms with Crippen LogP contribution in [0.1, 0.15) is 32.6 Å². The SMILES string of the molecule is CCn1cc(NC(=O)C[C@@H]2CCC[C@H]2N)cn1.Cl. The molecule has 0 aromatic carbocycles. The Morgan fingerprint density at radius 1 is 1.61 bits per heavy atom. The summed E-state index contributed by atoms with van der Waals surface area (Å²) in [6.45, 7) is 2.82. The molecule has 0 aliphatic heterocycles. The van der Waals surface area contributed by atoms with Crippen LogP contribution in [0.2, 0.25) is 0 Å². The van der Waals surface area contributed by atoms with Gasteiger partial charge in [-0.25, -0.2) is 0 Å². The third-order valence-corrected chi connectivity index (χ3v) is 3.41. The molecule has 1 aliphatic rings. The highest BCUT2D eigenvalue weighted by Crippen LogP contribution is 2.27. The van der Waals surface area contributed by atoms with E-state index in [2.05, 4.69) is 10.4 Å². The van der Waals surface area contributed by atoms with Gasteiger partial charge < -0.3 is 11.1 Å². The summed E-state index contributed by atoms with van der Waals surface area (Å²) in [6, 6.07) is 0.194. The molecule has 0 unspecified atom stereocenters. The summed E-state index contributed by atoms with van der Waals surface area (Å²) in [5.74, 6) is 0.388. The normalized spacial score (nSPS) is 22.6. The van der Waals surface area contributed by atoms with Crippen LogP contribution in [-0.2, 0) is 11.3 Å². The Bertz CT molecular complexity index is 393. The standard InChI is InChI=1S/C12H20N4O.ClH/c1-2-16-8-10(7-14-16)15-12(17)6-9-4-3-5-11(9)13;/h7-9,11H,2-6,13H2,1H3,(H,15,17);1H/t9-,11+;/m0./s1. The Hall–Kier alpha value is -1.07. The van der Waals surface area contributed by atoms with E-state index in [0.29, 0.717) is 12.3 Å². The molecule has 2 atom stereocenters. The molecule has 102 valence electrons. The first-order valence-corrected chi connectivity index (χ1v) is 6.27. The number of hydrogen-bond donors (Lipinski definition) is 2. The zero-order valence-corrected chi connectivity index (χ0v) is 11.4. The maximum atomic E-state index is 11.8. The first-order valence-electron chi connectivity index (χ1n) is 6.27. The molecule has 0 spiro atoms. The smallest absolute Gasteiger partial charge is 0.224 e. The Morgan fingerprint density at radius 3 is 2.94 bits per heavy atom. The molecule has 1 saturated carbocycles. The lowest BCUT2D eigenvalue weighted by atomic mass is 10.00. The molecule has 1 aliphatic carbocycles. The average Bonchev–Trinajstić information content (AvgIpc) is 2.89. The molecule has 3 N–H and O–H groups in total. The van der Waals surface area contributed by atoms with Crippen molar-refractivity contribution in [2.45, 2.75) is 45.2 Å². The van der Waals surface area contributed by atoms with Crippen LogP contribution < -0.4 is 11.1 Å². The summed E-state index contributed by atoms with van der Waals surface area (Å²) in [5.41, 5.74) is 6.72. The summed E-state index contributed by atoms with van der Waals surface area (Å²) >= 11 is 0. The van der Waals surface area contributed by atoms with Crippen molar-refractivity contribution in [3.63, 3.8) is 0 Å². The number of aryl methyl sites for hydroxylation is 1. The van der Waals surface area contributed by atoms with Crippen LogP contribution in [0.15, 0.2) is 12.4 Å². The number of rotatable bonds is 4. The minimum absolute atomic E-state index is 0. The lowest BCUT2D eigenvalue weighted by Gasteiger charge is -2.14. The molecule has 0 saturated heterocycles. The lowest BCUT2D eigenvalue weighted by molar-refractivity contribution is -0.117. The molecule has 0 radical (unpaired) electrons. The van der Waals surface area contributed by atoms with Crippen molar-refractivity contribution < 1.29 is 4.79 Å².